The third-order valence-electron chi connectivity index (χ3n) is 2.79. The number of anilines is 1. The first kappa shape index (κ1) is 15.1. The van der Waals surface area contributed by atoms with E-state index in [1.807, 2.05) is 25.1 Å². The number of amides is 1. The smallest absolute Gasteiger partial charge is 0.262 e. The van der Waals surface area contributed by atoms with Crippen LogP contribution in [0.2, 0.25) is 5.02 Å². The lowest BCUT2D eigenvalue weighted by atomic mass is 10.2. The third-order valence-corrected chi connectivity index (χ3v) is 3.12. The average Bonchev–Trinajstić information content (AvgIpc) is 2.45. The second-order valence-corrected chi connectivity index (χ2v) is 4.88. The molecule has 4 nitrogen and oxygen atoms in total. The molecule has 0 atom stereocenters. The summed E-state index contributed by atoms with van der Waals surface area (Å²) in [5.74, 6) is -0.0192. The molecule has 0 radical (unpaired) electrons. The number of ether oxygens (including phenoxy) is 1. The average molecular weight is 304 g/mol. The van der Waals surface area contributed by atoms with E-state index >= 15 is 0 Å². The minimum Gasteiger partial charge on any atom is -0.483 e. The predicted molar refractivity (Wildman–Crippen MR) is 82.1 cm³/mol. The molecule has 2 aromatic carbocycles. The number of rotatable bonds is 5. The zero-order chi connectivity index (χ0) is 15.2. The third kappa shape index (κ3) is 4.07. The summed E-state index contributed by atoms with van der Waals surface area (Å²) in [6.45, 7) is 1.74. The van der Waals surface area contributed by atoms with Crippen molar-refractivity contribution < 1.29 is 14.3 Å². The highest BCUT2D eigenvalue weighted by Crippen LogP contribution is 2.24. The molecular weight excluding hydrogens is 290 g/mol. The van der Waals surface area contributed by atoms with E-state index < -0.39 is 0 Å². The summed E-state index contributed by atoms with van der Waals surface area (Å²) in [6, 6.07) is 12.3. The van der Waals surface area contributed by atoms with Crippen molar-refractivity contribution in [1.29, 1.82) is 0 Å². The summed E-state index contributed by atoms with van der Waals surface area (Å²) in [6.07, 6.45) is 0.607. The molecule has 0 unspecified atom stereocenters. The normalized spacial score (nSPS) is 10.0. The Balaban J connectivity index is 1.99. The van der Waals surface area contributed by atoms with Crippen molar-refractivity contribution in [1.82, 2.24) is 0 Å². The Morgan fingerprint density at radius 2 is 2.05 bits per heavy atom. The molecule has 108 valence electrons. The first-order chi connectivity index (χ1) is 10.1. The van der Waals surface area contributed by atoms with Gasteiger partial charge in [0.05, 0.1) is 10.6 Å². The highest BCUT2D eigenvalue weighted by Gasteiger charge is 2.09. The number of nitrogens with one attached hydrogen (secondary N) is 1. The Morgan fingerprint density at radius 1 is 1.29 bits per heavy atom. The van der Waals surface area contributed by atoms with Gasteiger partial charge in [-0.15, -0.1) is 0 Å². The van der Waals surface area contributed by atoms with Crippen molar-refractivity contribution in [2.75, 3.05) is 11.9 Å². The van der Waals surface area contributed by atoms with Gasteiger partial charge in [-0.3, -0.25) is 9.59 Å². The minimum atomic E-state index is -0.308. The number of benzene rings is 2. The first-order valence-corrected chi connectivity index (χ1v) is 6.71. The van der Waals surface area contributed by atoms with E-state index in [9.17, 15) is 9.59 Å². The standard InChI is InChI=1S/C16H14ClNO3/c1-11-4-2-5-12(8-11)18-16(20)10-21-15-7-3-6-14(17)13(15)9-19/h2-9H,10H2,1H3,(H,18,20). The van der Waals surface area contributed by atoms with Gasteiger partial charge in [0, 0.05) is 5.69 Å². The number of carbonyl (C=O) groups is 2. The van der Waals surface area contributed by atoms with Crippen molar-refractivity contribution in [2.24, 2.45) is 0 Å². The summed E-state index contributed by atoms with van der Waals surface area (Å²) in [4.78, 5) is 22.8. The van der Waals surface area contributed by atoms with Crippen LogP contribution in [0.5, 0.6) is 5.75 Å². The number of aldehydes is 1. The van der Waals surface area contributed by atoms with Gasteiger partial charge in [0.15, 0.2) is 12.9 Å². The number of carbonyl (C=O) groups excluding carboxylic acids is 2. The highest BCUT2D eigenvalue weighted by molar-refractivity contribution is 6.33. The van der Waals surface area contributed by atoms with Crippen LogP contribution in [-0.2, 0) is 4.79 Å². The Labute approximate surface area is 127 Å². The topological polar surface area (TPSA) is 55.4 Å². The molecule has 0 aliphatic rings. The van der Waals surface area contributed by atoms with E-state index in [-0.39, 0.29) is 23.8 Å². The van der Waals surface area contributed by atoms with Crippen LogP contribution in [0.4, 0.5) is 5.69 Å². The Morgan fingerprint density at radius 3 is 2.76 bits per heavy atom. The molecule has 0 saturated carbocycles. The van der Waals surface area contributed by atoms with Crippen molar-refractivity contribution in [2.45, 2.75) is 6.92 Å². The molecule has 21 heavy (non-hydrogen) atoms. The molecule has 0 bridgehead atoms. The predicted octanol–water partition coefficient (Wildman–Crippen LogP) is 3.48. The molecule has 0 heterocycles. The fourth-order valence-corrected chi connectivity index (χ4v) is 2.03. The molecule has 1 amide bonds. The first-order valence-electron chi connectivity index (χ1n) is 6.33. The van der Waals surface area contributed by atoms with Gasteiger partial charge in [0.25, 0.3) is 5.91 Å². The van der Waals surface area contributed by atoms with Crippen molar-refractivity contribution in [3.8, 4) is 5.75 Å². The fourth-order valence-electron chi connectivity index (χ4n) is 1.82. The van der Waals surface area contributed by atoms with E-state index in [0.717, 1.165) is 5.56 Å². The monoisotopic (exact) mass is 303 g/mol. The van der Waals surface area contributed by atoms with E-state index in [1.54, 1.807) is 24.3 Å². The van der Waals surface area contributed by atoms with Gasteiger partial charge in [-0.05, 0) is 36.8 Å². The van der Waals surface area contributed by atoms with Gasteiger partial charge in [-0.2, -0.15) is 0 Å². The molecule has 0 spiro atoms. The number of hydrogen-bond acceptors (Lipinski definition) is 3. The summed E-state index contributed by atoms with van der Waals surface area (Å²) < 4.78 is 5.35. The largest absolute Gasteiger partial charge is 0.483 e. The summed E-state index contributed by atoms with van der Waals surface area (Å²) in [7, 11) is 0. The number of hydrogen-bond donors (Lipinski definition) is 1. The molecule has 2 rings (SSSR count). The molecular formula is C16H14ClNO3. The number of halogens is 1. The fraction of sp³-hybridized carbons (Fsp3) is 0.125. The van der Waals surface area contributed by atoms with Crippen LogP contribution in [0.3, 0.4) is 0 Å². The van der Waals surface area contributed by atoms with Gasteiger partial charge in [-0.25, -0.2) is 0 Å². The van der Waals surface area contributed by atoms with Crippen LogP contribution in [0.15, 0.2) is 42.5 Å². The lowest BCUT2D eigenvalue weighted by molar-refractivity contribution is -0.118. The lowest BCUT2D eigenvalue weighted by Crippen LogP contribution is -2.20. The summed E-state index contributed by atoms with van der Waals surface area (Å²) in [5, 5.41) is 3.01. The highest BCUT2D eigenvalue weighted by atomic mass is 35.5. The summed E-state index contributed by atoms with van der Waals surface area (Å²) in [5.41, 5.74) is 1.99. The van der Waals surface area contributed by atoms with E-state index in [2.05, 4.69) is 5.32 Å². The van der Waals surface area contributed by atoms with Crippen LogP contribution in [0, 0.1) is 6.92 Å². The lowest BCUT2D eigenvalue weighted by Gasteiger charge is -2.10. The van der Waals surface area contributed by atoms with Gasteiger partial charge in [0.2, 0.25) is 0 Å². The van der Waals surface area contributed by atoms with Crippen molar-refractivity contribution >= 4 is 29.5 Å². The van der Waals surface area contributed by atoms with E-state index in [1.165, 1.54) is 0 Å². The van der Waals surface area contributed by atoms with Crippen LogP contribution in [0.1, 0.15) is 15.9 Å². The maximum Gasteiger partial charge on any atom is 0.262 e. The Kier molecular flexibility index (Phi) is 4.95. The molecule has 0 fully saturated rings. The molecule has 1 N–H and O–H groups in total. The van der Waals surface area contributed by atoms with Gasteiger partial charge in [0.1, 0.15) is 5.75 Å². The second-order valence-electron chi connectivity index (χ2n) is 4.48. The molecule has 0 aliphatic carbocycles. The Bertz CT molecular complexity index is 670. The quantitative estimate of drug-likeness (QED) is 0.860. The SMILES string of the molecule is Cc1cccc(NC(=O)COc2cccc(Cl)c2C=O)c1. The van der Waals surface area contributed by atoms with E-state index in [4.69, 9.17) is 16.3 Å². The van der Waals surface area contributed by atoms with E-state index in [0.29, 0.717) is 17.0 Å². The van der Waals surface area contributed by atoms with Crippen LogP contribution in [-0.4, -0.2) is 18.8 Å². The van der Waals surface area contributed by atoms with Crippen LogP contribution >= 0.6 is 11.6 Å². The second kappa shape index (κ2) is 6.90. The molecule has 0 aliphatic heterocycles. The van der Waals surface area contributed by atoms with Gasteiger partial charge >= 0.3 is 0 Å². The zero-order valence-corrected chi connectivity index (χ0v) is 12.2. The summed E-state index contributed by atoms with van der Waals surface area (Å²) >= 11 is 5.88. The maximum absolute atomic E-state index is 11.8. The maximum atomic E-state index is 11.8. The van der Waals surface area contributed by atoms with Crippen molar-refractivity contribution in [3.63, 3.8) is 0 Å². The molecule has 0 saturated heterocycles. The zero-order valence-electron chi connectivity index (χ0n) is 11.4. The van der Waals surface area contributed by atoms with Crippen LogP contribution in [0.25, 0.3) is 0 Å². The number of aryl methyl sites for hydroxylation is 1. The molecule has 2 aromatic rings. The minimum absolute atomic E-state index is 0.199. The van der Waals surface area contributed by atoms with Crippen LogP contribution < -0.4 is 10.1 Å². The van der Waals surface area contributed by atoms with Gasteiger partial charge in [-0.1, -0.05) is 29.8 Å². The van der Waals surface area contributed by atoms with Crippen molar-refractivity contribution in [3.05, 3.63) is 58.6 Å². The molecule has 5 heteroatoms. The Hall–Kier alpha value is -2.33. The van der Waals surface area contributed by atoms with Gasteiger partial charge < -0.3 is 10.1 Å². The molecule has 0 aromatic heterocycles.